The van der Waals surface area contributed by atoms with E-state index in [1.807, 2.05) is 0 Å². The van der Waals surface area contributed by atoms with Gasteiger partial charge in [-0.1, -0.05) is 0 Å². The van der Waals surface area contributed by atoms with Crippen molar-refractivity contribution in [2.24, 2.45) is 0 Å². The molecule has 3 aliphatic heterocycles. The van der Waals surface area contributed by atoms with Crippen LogP contribution in [0.3, 0.4) is 0 Å². The molecule has 3 saturated heterocycles. The monoisotopic (exact) mass is 420 g/mol. The molecule has 3 fully saturated rings. The molecule has 0 radical (unpaired) electrons. The van der Waals surface area contributed by atoms with Crippen LogP contribution in [0.25, 0.3) is 0 Å². The molecule has 0 unspecified atom stereocenters. The smallest absolute Gasteiger partial charge is 0.373 e. The zero-order chi connectivity index (χ0) is 20.1. The Morgan fingerprint density at radius 3 is 2.54 bits per heavy atom. The second kappa shape index (κ2) is 6.83. The molecule has 3 aliphatic rings. The number of carbonyl (C=O) groups excluding carboxylic acids is 1. The molecule has 28 heavy (non-hydrogen) atoms. The van der Waals surface area contributed by atoms with E-state index in [4.69, 9.17) is 4.74 Å². The molecular formula is C16H19F3N4O4S. The van der Waals surface area contributed by atoms with Gasteiger partial charge in [0.05, 0.1) is 35.3 Å². The van der Waals surface area contributed by atoms with E-state index in [1.165, 1.54) is 0 Å². The van der Waals surface area contributed by atoms with Crippen molar-refractivity contribution in [3.8, 4) is 0 Å². The number of alkyl halides is 3. The van der Waals surface area contributed by atoms with Crippen molar-refractivity contribution in [1.29, 1.82) is 0 Å². The van der Waals surface area contributed by atoms with E-state index in [2.05, 4.69) is 15.3 Å². The summed E-state index contributed by atoms with van der Waals surface area (Å²) < 4.78 is 69.2. The van der Waals surface area contributed by atoms with E-state index in [-0.39, 0.29) is 48.8 Å². The summed E-state index contributed by atoms with van der Waals surface area (Å²) in [5, 5.41) is 2.89. The van der Waals surface area contributed by atoms with Gasteiger partial charge < -0.3 is 15.0 Å². The first kappa shape index (κ1) is 19.4. The Morgan fingerprint density at radius 2 is 1.96 bits per heavy atom. The fourth-order valence-electron chi connectivity index (χ4n) is 3.87. The SMILES string of the molecule is O=C(c1cnc(N[C@@H]2C[C@H]3CC[C@@H]2O3)nc1C(F)(F)F)N1CCS(=O)(=O)CC1. The van der Waals surface area contributed by atoms with E-state index in [9.17, 15) is 26.4 Å². The molecule has 0 spiro atoms. The minimum atomic E-state index is -4.85. The van der Waals surface area contributed by atoms with Crippen LogP contribution in [0.1, 0.15) is 35.3 Å². The lowest BCUT2D eigenvalue weighted by Gasteiger charge is -2.27. The van der Waals surface area contributed by atoms with Gasteiger partial charge in [0.2, 0.25) is 5.95 Å². The average molecular weight is 420 g/mol. The molecule has 4 rings (SSSR count). The van der Waals surface area contributed by atoms with E-state index in [0.29, 0.717) is 6.42 Å². The third-order valence-electron chi connectivity index (χ3n) is 5.34. The second-order valence-electron chi connectivity index (χ2n) is 7.26. The maximum absolute atomic E-state index is 13.5. The van der Waals surface area contributed by atoms with Crippen molar-refractivity contribution in [3.63, 3.8) is 0 Å². The molecule has 0 aromatic carbocycles. The van der Waals surface area contributed by atoms with Crippen molar-refractivity contribution >= 4 is 21.7 Å². The van der Waals surface area contributed by atoms with Gasteiger partial charge in [-0.15, -0.1) is 0 Å². The Morgan fingerprint density at radius 1 is 1.25 bits per heavy atom. The minimum Gasteiger partial charge on any atom is -0.373 e. The fraction of sp³-hybridized carbons (Fsp3) is 0.688. The lowest BCUT2D eigenvalue weighted by atomic mass is 9.96. The van der Waals surface area contributed by atoms with Gasteiger partial charge in [0, 0.05) is 19.3 Å². The highest BCUT2D eigenvalue weighted by atomic mass is 32.2. The zero-order valence-electron chi connectivity index (χ0n) is 14.8. The van der Waals surface area contributed by atoms with Gasteiger partial charge in [-0.25, -0.2) is 18.4 Å². The van der Waals surface area contributed by atoms with Crippen LogP contribution in [0, 0.1) is 0 Å². The molecule has 0 aliphatic carbocycles. The molecule has 0 saturated carbocycles. The standard InChI is InChI=1S/C16H19F3N4O4S/c17-16(18,19)13-10(14(24)23-3-5-28(25,26)6-4-23)8-20-15(22-13)21-11-7-9-1-2-12(11)27-9/h8-9,11-12H,1-7H2,(H,20,21,22)/t9-,11-,12+/m1/s1. The first-order valence-electron chi connectivity index (χ1n) is 8.98. The zero-order valence-corrected chi connectivity index (χ0v) is 15.6. The van der Waals surface area contributed by atoms with Gasteiger partial charge in [0.1, 0.15) is 0 Å². The maximum Gasteiger partial charge on any atom is 0.434 e. The van der Waals surface area contributed by atoms with Crippen LogP contribution in [0.4, 0.5) is 19.1 Å². The average Bonchev–Trinajstić information content (AvgIpc) is 3.23. The largest absolute Gasteiger partial charge is 0.434 e. The Kier molecular flexibility index (Phi) is 4.73. The molecule has 1 N–H and O–H groups in total. The van der Waals surface area contributed by atoms with Crippen LogP contribution in [0.15, 0.2) is 6.20 Å². The van der Waals surface area contributed by atoms with Crippen molar-refractivity contribution < 1.29 is 31.1 Å². The number of rotatable bonds is 3. The van der Waals surface area contributed by atoms with Crippen LogP contribution in [0.2, 0.25) is 0 Å². The molecule has 8 nitrogen and oxygen atoms in total. The van der Waals surface area contributed by atoms with Gasteiger partial charge in [0.25, 0.3) is 5.91 Å². The number of carbonyl (C=O) groups is 1. The highest BCUT2D eigenvalue weighted by molar-refractivity contribution is 7.91. The van der Waals surface area contributed by atoms with Crippen LogP contribution in [-0.2, 0) is 20.8 Å². The summed E-state index contributed by atoms with van der Waals surface area (Å²) in [6, 6.07) is -0.159. The Hall–Kier alpha value is -1.95. The third kappa shape index (κ3) is 3.79. The molecule has 12 heteroatoms. The Labute approximate surface area is 159 Å². The normalized spacial score (nSPS) is 29.1. The van der Waals surface area contributed by atoms with E-state index in [0.717, 1.165) is 23.9 Å². The summed E-state index contributed by atoms with van der Waals surface area (Å²) in [5.41, 5.74) is -2.01. The quantitative estimate of drug-likeness (QED) is 0.781. The predicted molar refractivity (Wildman–Crippen MR) is 91.5 cm³/mol. The van der Waals surface area contributed by atoms with Gasteiger partial charge >= 0.3 is 6.18 Å². The van der Waals surface area contributed by atoms with Crippen molar-refractivity contribution in [2.75, 3.05) is 29.9 Å². The maximum atomic E-state index is 13.5. The number of anilines is 1. The minimum absolute atomic E-state index is 0.0699. The van der Waals surface area contributed by atoms with Crippen LogP contribution in [0.5, 0.6) is 0 Å². The molecule has 1 aromatic rings. The third-order valence-corrected chi connectivity index (χ3v) is 6.95. The number of fused-ring (bicyclic) bond motifs is 2. The molecule has 3 atom stereocenters. The molecule has 1 amide bonds. The fourth-order valence-corrected chi connectivity index (χ4v) is 5.07. The summed E-state index contributed by atoms with van der Waals surface area (Å²) in [4.78, 5) is 21.1. The number of nitrogens with one attached hydrogen (secondary N) is 1. The highest BCUT2D eigenvalue weighted by Crippen LogP contribution is 2.36. The molecule has 2 bridgehead atoms. The van der Waals surface area contributed by atoms with Gasteiger partial charge in [-0.2, -0.15) is 13.2 Å². The van der Waals surface area contributed by atoms with E-state index < -0.39 is 33.2 Å². The van der Waals surface area contributed by atoms with Gasteiger partial charge in [-0.05, 0) is 19.3 Å². The molecule has 4 heterocycles. The van der Waals surface area contributed by atoms with Crippen LogP contribution >= 0.6 is 0 Å². The number of nitrogens with zero attached hydrogens (tertiary/aromatic N) is 3. The van der Waals surface area contributed by atoms with E-state index in [1.54, 1.807) is 0 Å². The van der Waals surface area contributed by atoms with Gasteiger partial charge in [-0.3, -0.25) is 4.79 Å². The lowest BCUT2D eigenvalue weighted by Crippen LogP contribution is -2.44. The van der Waals surface area contributed by atoms with Crippen molar-refractivity contribution in [1.82, 2.24) is 14.9 Å². The van der Waals surface area contributed by atoms with E-state index >= 15 is 0 Å². The lowest BCUT2D eigenvalue weighted by molar-refractivity contribution is -0.141. The summed E-state index contributed by atoms with van der Waals surface area (Å²) in [7, 11) is -3.26. The van der Waals surface area contributed by atoms with Gasteiger partial charge in [0.15, 0.2) is 15.5 Å². The summed E-state index contributed by atoms with van der Waals surface area (Å²) >= 11 is 0. The molecule has 1 aromatic heterocycles. The first-order valence-corrected chi connectivity index (χ1v) is 10.8. The number of sulfone groups is 1. The van der Waals surface area contributed by atoms with Crippen LogP contribution in [-0.4, -0.2) is 72.0 Å². The second-order valence-corrected chi connectivity index (χ2v) is 9.56. The molecular weight excluding hydrogens is 401 g/mol. The summed E-state index contributed by atoms with van der Waals surface area (Å²) in [5.74, 6) is -1.67. The summed E-state index contributed by atoms with van der Waals surface area (Å²) in [6.45, 7) is -0.304. The summed E-state index contributed by atoms with van der Waals surface area (Å²) in [6.07, 6.45) is -1.49. The van der Waals surface area contributed by atoms with Crippen molar-refractivity contribution in [2.45, 2.75) is 43.7 Å². The number of ether oxygens (including phenoxy) is 1. The van der Waals surface area contributed by atoms with Crippen LogP contribution < -0.4 is 5.32 Å². The number of aromatic nitrogens is 2. The number of halogens is 3. The highest BCUT2D eigenvalue weighted by Gasteiger charge is 2.43. The first-order chi connectivity index (χ1) is 13.1. The Balaban J connectivity index is 1.56. The predicted octanol–water partition coefficient (Wildman–Crippen LogP) is 1.10. The Bertz CT molecular complexity index is 878. The van der Waals surface area contributed by atoms with Crippen molar-refractivity contribution in [3.05, 3.63) is 17.5 Å². The number of hydrogen-bond donors (Lipinski definition) is 1. The number of hydrogen-bond acceptors (Lipinski definition) is 7. The molecule has 154 valence electrons. The number of amides is 1. The topological polar surface area (TPSA) is 101 Å².